The average molecular weight is 1950 g/mol. The smallest absolute Gasteiger partial charge is 0.234 e. The Bertz CT molecular complexity index is 845. The summed E-state index contributed by atoms with van der Waals surface area (Å²) in [5.74, 6) is 0. The molecular formula is C29H64N4O11S24Y6-24. The van der Waals surface area contributed by atoms with Gasteiger partial charge < -0.3 is 379 Å². The number of amides is 3. The molecule has 0 aromatic rings. The molecule has 0 spiro atoms. The molecule has 0 saturated carbocycles. The standard InChI is InChI=1S/7C3H6OS.3C2H5NOS.C2H3NO.14H2S.6Y/c7*1-2-3(4)5;3*1-3-2(4)5;1-3-2-4;;;;;;;;;;;;;;;;;;;;/h7*2H2,1H3,(H,4,5);3*1H3,(H2,3,4,5);1H3;14*1H2;;;;;;/p-24. The second kappa shape index (κ2) is 207. The number of aliphatic imine (C=N–C) groups is 1. The van der Waals surface area contributed by atoms with E-state index in [0.717, 1.165) is 0 Å². The predicted molar refractivity (Wildman–Crippen MR) is 361 cm³/mol. The zero-order valence-corrected chi connectivity index (χ0v) is 79.4. The molecule has 0 atom stereocenters. The number of isocyanates is 1. The van der Waals surface area contributed by atoms with Crippen LogP contribution in [0, 0.1) is 0 Å². The number of carbonyl (C=O) groups excluding carboxylic acids is 11. The summed E-state index contributed by atoms with van der Waals surface area (Å²) in [6, 6.07) is 0. The molecule has 45 heteroatoms. The zero-order chi connectivity index (χ0) is 46.3. The SMILES string of the molecule is CCC(=O)[S-].CCC(=O)[S-].CCC(=O)[S-].CCC(=O)[S-].CCC(=O)[S-].CCC(=O)[S-].CCC(=O)[S-].CN=C=O.CNC(=O)[S-].CNC(=O)[S-].CNC(=O)[S-].[SH-].[SH-].[SH-].[SH-].[SH-].[SH-].[SH-].[SH-].[SH-].[SH-].[SH-].[SH-].[SH-].[SH-].[Y].[Y].[Y].[Y].[Y].[Y]. The summed E-state index contributed by atoms with van der Waals surface area (Å²) in [7, 11) is 5.87. The molecule has 3 N–H and O–H groups in total. The van der Waals surface area contributed by atoms with Crippen LogP contribution in [-0.2, 0) is 550 Å². The first kappa shape index (κ1) is 206. The van der Waals surface area contributed by atoms with Crippen LogP contribution in [0.25, 0.3) is 0 Å². The summed E-state index contributed by atoms with van der Waals surface area (Å²) >= 11 is 41.1. The fourth-order valence-corrected chi connectivity index (χ4v) is 0. The zero-order valence-electron chi connectivity index (χ0n) is 41.7. The van der Waals surface area contributed by atoms with Crippen molar-refractivity contribution >= 4 is 373 Å². The summed E-state index contributed by atoms with van der Waals surface area (Å²) in [5.41, 5.74) is 0. The van der Waals surface area contributed by atoms with E-state index in [-0.39, 0.29) is 421 Å². The van der Waals surface area contributed by atoms with E-state index in [4.69, 9.17) is 4.79 Å². The largest absolute Gasteiger partial charge is 0.813 e. The molecule has 6 radical (unpaired) electrons. The molecular weight excluding hydrogens is 1880 g/mol. The minimum absolute atomic E-state index is 0. The Morgan fingerprint density at radius 3 is 0.338 bits per heavy atom. The fraction of sp³-hybridized carbons (Fsp3) is 0.621. The number of carbonyl (C=O) groups is 10. The molecule has 0 rings (SSSR count). The molecule has 0 unspecified atom stereocenters. The van der Waals surface area contributed by atoms with E-state index >= 15 is 0 Å². The number of hydrogen-bond donors (Lipinski definition) is 3. The summed E-state index contributed by atoms with van der Waals surface area (Å²) in [4.78, 5) is 108. The first-order valence-electron chi connectivity index (χ1n) is 14.6. The Hall–Kier alpha value is 9.20. The Balaban J connectivity index is -0.00000000923. The van der Waals surface area contributed by atoms with Crippen LogP contribution >= 0.6 is 0 Å². The van der Waals surface area contributed by atoms with Crippen molar-refractivity contribution in [2.45, 2.75) is 93.4 Å². The van der Waals surface area contributed by atoms with Crippen molar-refractivity contribution < 1.29 is 249 Å². The normalized spacial score (nSPS) is 5.07. The van der Waals surface area contributed by atoms with Crippen LogP contribution in [0.1, 0.15) is 93.4 Å². The summed E-state index contributed by atoms with van der Waals surface area (Å²) in [5, 5.41) is 4.24. The molecule has 0 fully saturated rings. The minimum Gasteiger partial charge on any atom is -0.813 e. The van der Waals surface area contributed by atoms with Crippen molar-refractivity contribution in [2.24, 2.45) is 4.99 Å². The monoisotopic (exact) mass is 1950 g/mol. The van der Waals surface area contributed by atoms with Gasteiger partial charge in [-0.15, -0.1) is 0 Å². The van der Waals surface area contributed by atoms with E-state index in [0.29, 0.717) is 44.9 Å². The van der Waals surface area contributed by atoms with E-state index in [1.54, 1.807) is 48.5 Å². The van der Waals surface area contributed by atoms with Crippen LogP contribution in [0.4, 0.5) is 14.4 Å². The van der Waals surface area contributed by atoms with Gasteiger partial charge in [0, 0.05) is 260 Å². The van der Waals surface area contributed by atoms with Crippen LogP contribution < -0.4 is 16.0 Å². The number of rotatable bonds is 7. The van der Waals surface area contributed by atoms with Gasteiger partial charge in [-0.25, -0.2) is 9.79 Å². The first-order chi connectivity index (χ1) is 24.6. The minimum atomic E-state index is -0.412. The van der Waals surface area contributed by atoms with Gasteiger partial charge in [-0.2, -0.15) is 0 Å². The molecule has 0 aliphatic rings. The molecule has 74 heavy (non-hydrogen) atoms. The van der Waals surface area contributed by atoms with Gasteiger partial charge in [0.25, 0.3) is 0 Å². The molecule has 0 bridgehead atoms. The maximum absolute atomic E-state index is 9.63. The van der Waals surface area contributed by atoms with Crippen LogP contribution in [0.3, 0.4) is 0 Å². The molecule has 15 nitrogen and oxygen atoms in total. The van der Waals surface area contributed by atoms with Gasteiger partial charge in [0.15, 0.2) is 0 Å². The van der Waals surface area contributed by atoms with Gasteiger partial charge in [0.05, 0.1) is 15.7 Å². The number of nitrogens with zero attached hydrogens (tertiary/aromatic N) is 1. The first-order valence-corrected chi connectivity index (χ1v) is 18.7. The Labute approximate surface area is 749 Å². The fourth-order valence-electron chi connectivity index (χ4n) is 0. The van der Waals surface area contributed by atoms with Gasteiger partial charge in [-0.3, -0.25) is 0 Å². The third kappa shape index (κ3) is 573. The summed E-state index contributed by atoms with van der Waals surface area (Å²) < 4.78 is 0. The second-order valence-corrected chi connectivity index (χ2v) is 11.3. The van der Waals surface area contributed by atoms with Crippen molar-refractivity contribution in [3.05, 3.63) is 0 Å². The maximum Gasteiger partial charge on any atom is 0.234 e. The van der Waals surface area contributed by atoms with Crippen molar-refractivity contribution in [2.75, 3.05) is 28.2 Å². The van der Waals surface area contributed by atoms with Crippen LogP contribution in [0.15, 0.2) is 4.99 Å². The summed E-state index contributed by atoms with van der Waals surface area (Å²) in [6.45, 7) is 12.2. The topological polar surface area (TPSA) is 236 Å². The number of hydrogen-bond acceptors (Lipinski definition) is 36. The van der Waals surface area contributed by atoms with Gasteiger partial charge in [0.1, 0.15) is 0 Å². The van der Waals surface area contributed by atoms with Crippen LogP contribution in [0.2, 0.25) is 0 Å². The molecule has 452 valence electrons. The second-order valence-electron chi connectivity index (χ2n) is 7.01. The van der Waals surface area contributed by atoms with Gasteiger partial charge >= 0.3 is 0 Å². The van der Waals surface area contributed by atoms with Crippen molar-refractivity contribution in [3.63, 3.8) is 0 Å². The number of nitrogens with one attached hydrogen (secondary N) is 3. The number of thiol groups is 14. The molecule has 0 aromatic heterocycles. The van der Waals surface area contributed by atoms with Gasteiger partial charge in [-0.05, 0) is 44.9 Å². The molecule has 3 amide bonds. The molecule has 0 saturated heterocycles. The van der Waals surface area contributed by atoms with Crippen LogP contribution in [0.5, 0.6) is 0 Å². The van der Waals surface area contributed by atoms with Crippen molar-refractivity contribution in [3.8, 4) is 0 Å². The van der Waals surface area contributed by atoms with E-state index in [1.807, 2.05) is 0 Å². The average Bonchev–Trinajstić information content (AvgIpc) is 3.13. The molecule has 0 heterocycles. The Morgan fingerprint density at radius 1 is 0.297 bits per heavy atom. The molecule has 0 aliphatic carbocycles. The van der Waals surface area contributed by atoms with Gasteiger partial charge in [0.2, 0.25) is 6.08 Å². The van der Waals surface area contributed by atoms with Crippen LogP contribution in [-0.4, -0.2) is 85.8 Å². The van der Waals surface area contributed by atoms with Crippen molar-refractivity contribution in [1.29, 1.82) is 0 Å². The predicted octanol–water partition coefficient (Wildman–Crippen LogP) is -0.937. The van der Waals surface area contributed by atoms with E-state index in [1.165, 1.54) is 34.3 Å². The van der Waals surface area contributed by atoms with Crippen molar-refractivity contribution in [1.82, 2.24) is 16.0 Å². The van der Waals surface area contributed by atoms with Gasteiger partial charge in [-0.1, -0.05) is 48.5 Å². The molecule has 0 aliphatic heterocycles. The van der Waals surface area contributed by atoms with E-state index in [2.05, 4.69) is 147 Å². The molecule has 0 aromatic carbocycles. The Kier molecular flexibility index (Phi) is 576. The maximum atomic E-state index is 9.63. The summed E-state index contributed by atoms with van der Waals surface area (Å²) in [6.07, 6.45) is 4.68. The Morgan fingerprint density at radius 2 is 0.338 bits per heavy atom. The third-order valence-electron chi connectivity index (χ3n) is 2.72. The quantitative estimate of drug-likeness (QED) is 0.121. The third-order valence-corrected chi connectivity index (χ3v) is 5.36. The van der Waals surface area contributed by atoms with E-state index < -0.39 is 15.7 Å². The van der Waals surface area contributed by atoms with E-state index in [9.17, 15) is 47.9 Å².